The Morgan fingerprint density at radius 3 is 2.90 bits per heavy atom. The molecule has 2 nitrogen and oxygen atoms in total. The predicted octanol–water partition coefficient (Wildman–Crippen LogP) is 5.06. The van der Waals surface area contributed by atoms with E-state index >= 15 is 0 Å². The second-order valence-corrected chi connectivity index (χ2v) is 6.82. The summed E-state index contributed by atoms with van der Waals surface area (Å²) in [5.74, 6) is 0.941. The van der Waals surface area contributed by atoms with Crippen molar-refractivity contribution in [1.29, 1.82) is 0 Å². The Morgan fingerprint density at radius 1 is 1.24 bits per heavy atom. The highest BCUT2D eigenvalue weighted by Gasteiger charge is 2.18. The fraction of sp³-hybridized carbons (Fsp3) is 0.294. The molecule has 0 saturated carbocycles. The van der Waals surface area contributed by atoms with Crippen molar-refractivity contribution in [3.63, 3.8) is 0 Å². The van der Waals surface area contributed by atoms with E-state index < -0.39 is 0 Å². The molecule has 2 aromatic heterocycles. The van der Waals surface area contributed by atoms with E-state index in [4.69, 9.17) is 4.74 Å². The topological polar surface area (TPSA) is 21.3 Å². The van der Waals surface area contributed by atoms with Gasteiger partial charge in [-0.3, -0.25) is 0 Å². The molecule has 0 amide bonds. The Hall–Kier alpha value is -1.36. The molecule has 0 aliphatic heterocycles. The van der Waals surface area contributed by atoms with Gasteiger partial charge in [-0.1, -0.05) is 25.1 Å². The number of benzene rings is 1. The van der Waals surface area contributed by atoms with Crippen LogP contribution in [0, 0.1) is 0 Å². The summed E-state index contributed by atoms with van der Waals surface area (Å²) in [5.41, 5.74) is 1.36. The van der Waals surface area contributed by atoms with Crippen LogP contribution in [0.4, 0.5) is 0 Å². The lowest BCUT2D eigenvalue weighted by Crippen LogP contribution is -2.22. The van der Waals surface area contributed by atoms with Crippen LogP contribution in [0.3, 0.4) is 0 Å². The van der Waals surface area contributed by atoms with Crippen molar-refractivity contribution in [2.45, 2.75) is 19.4 Å². The van der Waals surface area contributed by atoms with Crippen molar-refractivity contribution in [2.75, 3.05) is 13.7 Å². The Kier molecular flexibility index (Phi) is 4.58. The van der Waals surface area contributed by atoms with E-state index in [2.05, 4.69) is 53.3 Å². The van der Waals surface area contributed by atoms with Gasteiger partial charge in [0.05, 0.1) is 13.2 Å². The van der Waals surface area contributed by atoms with Gasteiger partial charge in [0.25, 0.3) is 0 Å². The molecule has 0 saturated heterocycles. The molecule has 110 valence electrons. The number of ether oxygens (including phenoxy) is 1. The smallest absolute Gasteiger partial charge is 0.129 e. The first kappa shape index (κ1) is 14.6. The van der Waals surface area contributed by atoms with Gasteiger partial charge in [-0.15, -0.1) is 22.7 Å². The Balaban J connectivity index is 2.04. The van der Waals surface area contributed by atoms with Gasteiger partial charge in [0.1, 0.15) is 5.75 Å². The SMILES string of the molecule is CCCNC(c1cc(OC)cs1)c1cccc2ccsc12. The summed E-state index contributed by atoms with van der Waals surface area (Å²) < 4.78 is 6.72. The third-order valence-corrected chi connectivity index (χ3v) is 5.49. The van der Waals surface area contributed by atoms with Gasteiger partial charge in [-0.05, 0) is 41.4 Å². The number of nitrogens with one attached hydrogen (secondary N) is 1. The number of fused-ring (bicyclic) bond motifs is 1. The van der Waals surface area contributed by atoms with Crippen LogP contribution < -0.4 is 10.1 Å². The van der Waals surface area contributed by atoms with Gasteiger partial charge < -0.3 is 10.1 Å². The molecule has 21 heavy (non-hydrogen) atoms. The molecule has 4 heteroatoms. The maximum atomic E-state index is 5.34. The van der Waals surface area contributed by atoms with E-state index in [0.29, 0.717) is 0 Å². The summed E-state index contributed by atoms with van der Waals surface area (Å²) in [6.07, 6.45) is 1.12. The summed E-state index contributed by atoms with van der Waals surface area (Å²) in [6.45, 7) is 3.21. The molecule has 1 N–H and O–H groups in total. The molecule has 0 bridgehead atoms. The normalized spacial score (nSPS) is 12.7. The van der Waals surface area contributed by atoms with E-state index in [1.165, 1.54) is 20.5 Å². The molecular weight excluding hydrogens is 298 g/mol. The van der Waals surface area contributed by atoms with Crippen LogP contribution in [0.25, 0.3) is 10.1 Å². The molecule has 1 unspecified atom stereocenters. The molecule has 3 rings (SSSR count). The quantitative estimate of drug-likeness (QED) is 0.686. The first-order valence-electron chi connectivity index (χ1n) is 7.15. The van der Waals surface area contributed by atoms with Gasteiger partial charge in [0, 0.05) is 15.0 Å². The van der Waals surface area contributed by atoms with Crippen LogP contribution in [0.2, 0.25) is 0 Å². The van der Waals surface area contributed by atoms with Crippen molar-refractivity contribution < 1.29 is 4.74 Å². The van der Waals surface area contributed by atoms with Crippen LogP contribution in [-0.2, 0) is 0 Å². The molecule has 0 aliphatic carbocycles. The van der Waals surface area contributed by atoms with Gasteiger partial charge >= 0.3 is 0 Å². The van der Waals surface area contributed by atoms with E-state index in [1.807, 2.05) is 11.3 Å². The zero-order valence-electron chi connectivity index (χ0n) is 12.3. The summed E-state index contributed by atoms with van der Waals surface area (Å²) in [4.78, 5) is 1.31. The molecule has 2 heterocycles. The molecule has 0 aliphatic rings. The van der Waals surface area contributed by atoms with Crippen LogP contribution in [0.5, 0.6) is 5.75 Å². The monoisotopic (exact) mass is 317 g/mol. The van der Waals surface area contributed by atoms with Crippen molar-refractivity contribution in [3.05, 3.63) is 51.5 Å². The molecule has 3 aromatic rings. The summed E-state index contributed by atoms with van der Waals surface area (Å²) in [7, 11) is 1.72. The minimum Gasteiger partial charge on any atom is -0.496 e. The van der Waals surface area contributed by atoms with E-state index in [9.17, 15) is 0 Å². The van der Waals surface area contributed by atoms with E-state index in [-0.39, 0.29) is 6.04 Å². The van der Waals surface area contributed by atoms with Gasteiger partial charge in [-0.2, -0.15) is 0 Å². The zero-order valence-corrected chi connectivity index (χ0v) is 13.9. The lowest BCUT2D eigenvalue weighted by molar-refractivity contribution is 0.416. The highest BCUT2D eigenvalue weighted by Crippen LogP contribution is 2.36. The Labute approximate surface area is 133 Å². The molecule has 1 atom stereocenters. The fourth-order valence-corrected chi connectivity index (χ4v) is 4.38. The predicted molar refractivity (Wildman–Crippen MR) is 92.8 cm³/mol. The maximum absolute atomic E-state index is 5.34. The Morgan fingerprint density at radius 2 is 2.14 bits per heavy atom. The van der Waals surface area contributed by atoms with Gasteiger partial charge in [-0.25, -0.2) is 0 Å². The van der Waals surface area contributed by atoms with Crippen molar-refractivity contribution >= 4 is 32.8 Å². The number of rotatable bonds is 6. The first-order chi connectivity index (χ1) is 10.3. The molecule has 0 radical (unpaired) electrons. The molecule has 0 fully saturated rings. The minimum atomic E-state index is 0.237. The lowest BCUT2D eigenvalue weighted by Gasteiger charge is -2.18. The number of hydrogen-bond acceptors (Lipinski definition) is 4. The highest BCUT2D eigenvalue weighted by molar-refractivity contribution is 7.17. The van der Waals surface area contributed by atoms with Crippen LogP contribution in [-0.4, -0.2) is 13.7 Å². The third-order valence-electron chi connectivity index (χ3n) is 3.53. The summed E-state index contributed by atoms with van der Waals surface area (Å²) in [5, 5.41) is 9.25. The summed E-state index contributed by atoms with van der Waals surface area (Å²) >= 11 is 3.57. The summed E-state index contributed by atoms with van der Waals surface area (Å²) in [6, 6.07) is 11.1. The van der Waals surface area contributed by atoms with Gasteiger partial charge in [0.15, 0.2) is 0 Å². The van der Waals surface area contributed by atoms with E-state index in [0.717, 1.165) is 18.7 Å². The van der Waals surface area contributed by atoms with Crippen LogP contribution in [0.1, 0.15) is 29.8 Å². The van der Waals surface area contributed by atoms with Gasteiger partial charge in [0.2, 0.25) is 0 Å². The molecular formula is C17H19NOS2. The van der Waals surface area contributed by atoms with Crippen molar-refractivity contribution in [1.82, 2.24) is 5.32 Å². The second kappa shape index (κ2) is 6.60. The average molecular weight is 317 g/mol. The lowest BCUT2D eigenvalue weighted by atomic mass is 10.0. The second-order valence-electron chi connectivity index (χ2n) is 4.96. The van der Waals surface area contributed by atoms with Crippen molar-refractivity contribution in [2.24, 2.45) is 0 Å². The van der Waals surface area contributed by atoms with E-state index in [1.54, 1.807) is 18.4 Å². The fourth-order valence-electron chi connectivity index (χ4n) is 2.49. The Bertz CT molecular complexity index is 716. The standard InChI is InChI=1S/C17H19NOS2/c1-3-8-18-16(15-10-13(19-2)11-21-15)14-6-4-5-12-7-9-20-17(12)14/h4-7,9-11,16,18H,3,8H2,1-2H3. The molecule has 1 aromatic carbocycles. The number of methoxy groups -OCH3 is 1. The number of hydrogen-bond donors (Lipinski definition) is 1. The third kappa shape index (κ3) is 2.98. The highest BCUT2D eigenvalue weighted by atomic mass is 32.1. The van der Waals surface area contributed by atoms with Crippen LogP contribution in [0.15, 0.2) is 41.1 Å². The van der Waals surface area contributed by atoms with Crippen LogP contribution >= 0.6 is 22.7 Å². The minimum absolute atomic E-state index is 0.237. The number of thiophene rings is 2. The average Bonchev–Trinajstić information content (AvgIpc) is 3.16. The van der Waals surface area contributed by atoms with Crippen molar-refractivity contribution in [3.8, 4) is 5.75 Å². The maximum Gasteiger partial charge on any atom is 0.129 e. The molecule has 0 spiro atoms. The first-order valence-corrected chi connectivity index (χ1v) is 8.91. The zero-order chi connectivity index (χ0) is 14.7. The largest absolute Gasteiger partial charge is 0.496 e.